The Kier molecular flexibility index (Phi) is 4.59. The molecule has 3 heteroatoms. The fourth-order valence-electron chi connectivity index (χ4n) is 2.72. The molecule has 0 bridgehead atoms. The van der Waals surface area contributed by atoms with E-state index in [4.69, 9.17) is 10.7 Å². The molecule has 0 amide bonds. The van der Waals surface area contributed by atoms with E-state index in [9.17, 15) is 0 Å². The van der Waals surface area contributed by atoms with Gasteiger partial charge in [-0.2, -0.15) is 0 Å². The van der Waals surface area contributed by atoms with Crippen LogP contribution in [0, 0.1) is 0 Å². The lowest BCUT2D eigenvalue weighted by Gasteiger charge is -2.13. The highest BCUT2D eigenvalue weighted by molar-refractivity contribution is 5.77. The van der Waals surface area contributed by atoms with Gasteiger partial charge in [0.25, 0.3) is 0 Å². The molecule has 0 aliphatic heterocycles. The Morgan fingerprint density at radius 2 is 2.05 bits per heavy atom. The lowest BCUT2D eigenvalue weighted by Crippen LogP contribution is -2.07. The highest BCUT2D eigenvalue weighted by Gasteiger charge is 2.15. The maximum Gasteiger partial charge on any atom is 0.112 e. The average Bonchev–Trinajstić information content (AvgIpc) is 2.77. The zero-order chi connectivity index (χ0) is 13.8. The van der Waals surface area contributed by atoms with E-state index in [2.05, 4.69) is 43.5 Å². The largest absolute Gasteiger partial charge is 0.328 e. The lowest BCUT2D eigenvalue weighted by molar-refractivity contribution is 0.568. The number of hydrogen-bond donors (Lipinski definition) is 1. The van der Waals surface area contributed by atoms with Gasteiger partial charge in [-0.25, -0.2) is 4.98 Å². The molecule has 2 N–H and O–H groups in total. The maximum atomic E-state index is 5.72. The first-order valence-electron chi connectivity index (χ1n) is 7.40. The third-order valence-electron chi connectivity index (χ3n) is 3.69. The molecule has 1 atom stereocenters. The predicted octanol–water partition coefficient (Wildman–Crippen LogP) is 3.81. The highest BCUT2D eigenvalue weighted by atomic mass is 15.1. The van der Waals surface area contributed by atoms with Crippen LogP contribution in [-0.2, 0) is 13.1 Å². The third-order valence-corrected chi connectivity index (χ3v) is 3.69. The highest BCUT2D eigenvalue weighted by Crippen LogP contribution is 2.26. The van der Waals surface area contributed by atoms with Gasteiger partial charge in [0.05, 0.1) is 11.0 Å². The summed E-state index contributed by atoms with van der Waals surface area (Å²) < 4.78 is 2.38. The maximum absolute atomic E-state index is 5.72. The van der Waals surface area contributed by atoms with Crippen molar-refractivity contribution in [2.45, 2.75) is 59.0 Å². The molecule has 2 rings (SSSR count). The summed E-state index contributed by atoms with van der Waals surface area (Å²) in [4.78, 5) is 4.87. The summed E-state index contributed by atoms with van der Waals surface area (Å²) in [7, 11) is 0. The van der Waals surface area contributed by atoms with Crippen LogP contribution in [-0.4, -0.2) is 9.55 Å². The number of hydrogen-bond acceptors (Lipinski definition) is 2. The Labute approximate surface area is 115 Å². The number of nitrogens with zero attached hydrogens (tertiary/aromatic N) is 2. The van der Waals surface area contributed by atoms with E-state index in [1.54, 1.807) is 0 Å². The van der Waals surface area contributed by atoms with Gasteiger partial charge in [0.2, 0.25) is 0 Å². The van der Waals surface area contributed by atoms with Crippen molar-refractivity contribution >= 4 is 11.0 Å². The normalized spacial score (nSPS) is 13.1. The number of aromatic nitrogens is 2. The van der Waals surface area contributed by atoms with Gasteiger partial charge < -0.3 is 10.3 Å². The minimum Gasteiger partial charge on any atom is -0.328 e. The van der Waals surface area contributed by atoms with Gasteiger partial charge in [-0.3, -0.25) is 0 Å². The molecule has 0 aliphatic carbocycles. The van der Waals surface area contributed by atoms with Crippen LogP contribution in [0.1, 0.15) is 57.3 Å². The van der Waals surface area contributed by atoms with Crippen LogP contribution in [0.3, 0.4) is 0 Å². The monoisotopic (exact) mass is 259 g/mol. The summed E-state index contributed by atoms with van der Waals surface area (Å²) in [5.41, 5.74) is 9.21. The number of imidazole rings is 1. The zero-order valence-electron chi connectivity index (χ0n) is 12.3. The van der Waals surface area contributed by atoms with Gasteiger partial charge in [-0.1, -0.05) is 33.3 Å². The van der Waals surface area contributed by atoms with Crippen LogP contribution in [0.2, 0.25) is 0 Å². The fourth-order valence-corrected chi connectivity index (χ4v) is 2.72. The van der Waals surface area contributed by atoms with Gasteiger partial charge in [-0.15, -0.1) is 0 Å². The Hall–Kier alpha value is -1.35. The van der Waals surface area contributed by atoms with Crippen LogP contribution >= 0.6 is 0 Å². The van der Waals surface area contributed by atoms with Gasteiger partial charge in [-0.05, 0) is 30.5 Å². The third kappa shape index (κ3) is 2.81. The molecule has 0 saturated carbocycles. The van der Waals surface area contributed by atoms with Crippen molar-refractivity contribution in [1.82, 2.24) is 9.55 Å². The quantitative estimate of drug-likeness (QED) is 0.857. The summed E-state index contributed by atoms with van der Waals surface area (Å²) in [6.45, 7) is 8.35. The SMILES string of the molecule is CCCC(C)c1nc2cc(CN)ccc2n1CCC. The first kappa shape index (κ1) is 14.1. The van der Waals surface area contributed by atoms with E-state index >= 15 is 0 Å². The minimum atomic E-state index is 0.519. The Morgan fingerprint density at radius 1 is 1.26 bits per heavy atom. The Balaban J connectivity index is 2.51. The van der Waals surface area contributed by atoms with E-state index in [1.807, 2.05) is 0 Å². The number of nitrogens with two attached hydrogens (primary N) is 1. The Bertz CT molecular complexity index is 542. The predicted molar refractivity (Wildman–Crippen MR) is 81.2 cm³/mol. The fraction of sp³-hybridized carbons (Fsp3) is 0.562. The number of benzene rings is 1. The van der Waals surface area contributed by atoms with Crippen LogP contribution < -0.4 is 5.73 Å². The molecule has 2 aromatic rings. The number of rotatable bonds is 6. The second-order valence-corrected chi connectivity index (χ2v) is 5.34. The molecule has 3 nitrogen and oxygen atoms in total. The standard InChI is InChI=1S/C16H25N3/c1-4-6-12(3)16-18-14-10-13(11-17)7-8-15(14)19(16)9-5-2/h7-8,10,12H,4-6,9,11,17H2,1-3H3. The number of fused-ring (bicyclic) bond motifs is 1. The van der Waals surface area contributed by atoms with Crippen LogP contribution in [0.25, 0.3) is 11.0 Å². The summed E-state index contributed by atoms with van der Waals surface area (Å²) >= 11 is 0. The zero-order valence-corrected chi connectivity index (χ0v) is 12.3. The van der Waals surface area contributed by atoms with E-state index in [0.717, 1.165) is 24.0 Å². The van der Waals surface area contributed by atoms with E-state index in [1.165, 1.54) is 24.2 Å². The van der Waals surface area contributed by atoms with Crippen molar-refractivity contribution in [1.29, 1.82) is 0 Å². The summed E-state index contributed by atoms with van der Waals surface area (Å²) in [6.07, 6.45) is 3.53. The molecule has 0 aliphatic rings. The molecular weight excluding hydrogens is 234 g/mol. The molecular formula is C16H25N3. The Morgan fingerprint density at radius 3 is 2.68 bits per heavy atom. The van der Waals surface area contributed by atoms with Crippen molar-refractivity contribution in [3.63, 3.8) is 0 Å². The minimum absolute atomic E-state index is 0.519. The molecule has 1 aromatic heterocycles. The molecule has 1 heterocycles. The van der Waals surface area contributed by atoms with Crippen LogP contribution in [0.5, 0.6) is 0 Å². The van der Waals surface area contributed by atoms with Gasteiger partial charge >= 0.3 is 0 Å². The molecule has 1 aromatic carbocycles. The molecule has 0 saturated heterocycles. The van der Waals surface area contributed by atoms with Crippen molar-refractivity contribution in [3.8, 4) is 0 Å². The van der Waals surface area contributed by atoms with Crippen LogP contribution in [0.4, 0.5) is 0 Å². The van der Waals surface area contributed by atoms with Gasteiger partial charge in [0.1, 0.15) is 5.82 Å². The first-order valence-corrected chi connectivity index (χ1v) is 7.40. The van der Waals surface area contributed by atoms with Crippen molar-refractivity contribution in [2.24, 2.45) is 5.73 Å². The number of aryl methyl sites for hydroxylation is 1. The lowest BCUT2D eigenvalue weighted by atomic mass is 10.1. The second-order valence-electron chi connectivity index (χ2n) is 5.34. The van der Waals surface area contributed by atoms with E-state index in [0.29, 0.717) is 12.5 Å². The topological polar surface area (TPSA) is 43.8 Å². The van der Waals surface area contributed by atoms with Gasteiger partial charge in [0, 0.05) is 19.0 Å². The second kappa shape index (κ2) is 6.20. The van der Waals surface area contributed by atoms with Crippen LogP contribution in [0.15, 0.2) is 18.2 Å². The summed E-state index contributed by atoms with van der Waals surface area (Å²) in [5, 5.41) is 0. The molecule has 0 spiro atoms. The van der Waals surface area contributed by atoms with Crippen molar-refractivity contribution in [3.05, 3.63) is 29.6 Å². The van der Waals surface area contributed by atoms with E-state index < -0.39 is 0 Å². The smallest absolute Gasteiger partial charge is 0.112 e. The average molecular weight is 259 g/mol. The van der Waals surface area contributed by atoms with Crippen molar-refractivity contribution in [2.75, 3.05) is 0 Å². The molecule has 0 radical (unpaired) electrons. The van der Waals surface area contributed by atoms with Gasteiger partial charge in [0.15, 0.2) is 0 Å². The summed E-state index contributed by atoms with van der Waals surface area (Å²) in [6, 6.07) is 6.41. The van der Waals surface area contributed by atoms with E-state index in [-0.39, 0.29) is 0 Å². The molecule has 0 fully saturated rings. The van der Waals surface area contributed by atoms with Crippen molar-refractivity contribution < 1.29 is 0 Å². The first-order chi connectivity index (χ1) is 9.21. The molecule has 104 valence electrons. The molecule has 1 unspecified atom stereocenters. The summed E-state index contributed by atoms with van der Waals surface area (Å²) in [5.74, 6) is 1.75. The molecule has 19 heavy (non-hydrogen) atoms.